The summed E-state index contributed by atoms with van der Waals surface area (Å²) >= 11 is 0. The minimum atomic E-state index is -0.925. The van der Waals surface area contributed by atoms with Gasteiger partial charge in [0.2, 0.25) is 0 Å². The van der Waals surface area contributed by atoms with Gasteiger partial charge in [-0.25, -0.2) is 9.78 Å². The molecule has 0 unspecified atom stereocenters. The second-order valence-corrected chi connectivity index (χ2v) is 5.02. The van der Waals surface area contributed by atoms with Crippen molar-refractivity contribution in [3.8, 4) is 0 Å². The Labute approximate surface area is 113 Å². The molecule has 2 heterocycles. The maximum absolute atomic E-state index is 11.0. The molecule has 1 fully saturated rings. The van der Waals surface area contributed by atoms with Gasteiger partial charge in [0, 0.05) is 18.3 Å². The van der Waals surface area contributed by atoms with Gasteiger partial charge < -0.3 is 15.2 Å². The van der Waals surface area contributed by atoms with Gasteiger partial charge in [-0.1, -0.05) is 0 Å². The number of aromatic nitrogens is 1. The first-order valence-corrected chi connectivity index (χ1v) is 6.66. The summed E-state index contributed by atoms with van der Waals surface area (Å²) in [6, 6.07) is 1.52. The maximum Gasteiger partial charge on any atom is 0.336 e. The van der Waals surface area contributed by atoms with Crippen molar-refractivity contribution in [3.63, 3.8) is 0 Å². The van der Waals surface area contributed by atoms with Crippen LogP contribution >= 0.6 is 0 Å². The molecule has 0 radical (unpaired) electrons. The van der Waals surface area contributed by atoms with E-state index in [0.717, 1.165) is 12.8 Å². The lowest BCUT2D eigenvalue weighted by Crippen LogP contribution is -2.31. The first-order chi connectivity index (χ1) is 9.08. The molecule has 2 rings (SSSR count). The van der Waals surface area contributed by atoms with Crippen molar-refractivity contribution in [3.05, 3.63) is 23.4 Å². The Bertz CT molecular complexity index is 462. The third-order valence-corrected chi connectivity index (χ3v) is 3.49. The highest BCUT2D eigenvalue weighted by molar-refractivity contribution is 5.90. The molecule has 1 aliphatic heterocycles. The Hall–Kier alpha value is -1.62. The minimum Gasteiger partial charge on any atom is -0.478 e. The number of carboxylic acid groups (broad SMARTS) is 1. The van der Waals surface area contributed by atoms with Crippen LogP contribution in [0.5, 0.6) is 0 Å². The minimum absolute atomic E-state index is 0.179. The van der Waals surface area contributed by atoms with E-state index in [1.807, 2.05) is 0 Å². The lowest BCUT2D eigenvalue weighted by atomic mass is 10.0. The molecule has 5 nitrogen and oxygen atoms in total. The van der Waals surface area contributed by atoms with E-state index in [9.17, 15) is 4.79 Å². The van der Waals surface area contributed by atoms with Gasteiger partial charge in [0.15, 0.2) is 0 Å². The van der Waals surface area contributed by atoms with Crippen molar-refractivity contribution in [2.45, 2.75) is 45.3 Å². The number of carbonyl (C=O) groups is 1. The lowest BCUT2D eigenvalue weighted by Gasteiger charge is -2.28. The van der Waals surface area contributed by atoms with E-state index in [0.29, 0.717) is 24.0 Å². The fourth-order valence-corrected chi connectivity index (χ4v) is 2.40. The van der Waals surface area contributed by atoms with Crippen LogP contribution in [0.4, 0.5) is 5.82 Å². The van der Waals surface area contributed by atoms with E-state index in [2.05, 4.69) is 17.2 Å². The molecule has 1 aliphatic rings. The summed E-state index contributed by atoms with van der Waals surface area (Å²) in [6.45, 7) is 4.52. The normalized spacial score (nSPS) is 23.1. The number of hydrogen-bond donors (Lipinski definition) is 2. The van der Waals surface area contributed by atoms with Gasteiger partial charge in [-0.05, 0) is 39.2 Å². The Balaban J connectivity index is 1.99. The van der Waals surface area contributed by atoms with E-state index < -0.39 is 5.97 Å². The molecule has 1 aromatic rings. The van der Waals surface area contributed by atoms with Crippen molar-refractivity contribution in [1.29, 1.82) is 0 Å². The van der Waals surface area contributed by atoms with Crippen LogP contribution in [0, 0.1) is 6.92 Å². The third-order valence-electron chi connectivity index (χ3n) is 3.49. The van der Waals surface area contributed by atoms with E-state index in [1.54, 1.807) is 6.92 Å². The van der Waals surface area contributed by atoms with E-state index in [-0.39, 0.29) is 11.7 Å². The van der Waals surface area contributed by atoms with Crippen molar-refractivity contribution >= 4 is 11.8 Å². The highest BCUT2D eigenvalue weighted by Gasteiger charge is 2.19. The van der Waals surface area contributed by atoms with Crippen LogP contribution in [-0.4, -0.2) is 34.8 Å². The molecule has 1 aromatic heterocycles. The van der Waals surface area contributed by atoms with Gasteiger partial charge in [0.1, 0.15) is 5.82 Å². The summed E-state index contributed by atoms with van der Waals surface area (Å²) in [4.78, 5) is 15.2. The highest BCUT2D eigenvalue weighted by atomic mass is 16.5. The second kappa shape index (κ2) is 6.02. The van der Waals surface area contributed by atoms with Crippen LogP contribution in [0.3, 0.4) is 0 Å². The molecular weight excluding hydrogens is 244 g/mol. The molecule has 104 valence electrons. The number of ether oxygens (including phenoxy) is 1. The maximum atomic E-state index is 11.0. The summed E-state index contributed by atoms with van der Waals surface area (Å²) < 4.78 is 5.82. The number of carboxylic acids is 1. The topological polar surface area (TPSA) is 71.5 Å². The first-order valence-electron chi connectivity index (χ1n) is 6.66. The van der Waals surface area contributed by atoms with Crippen molar-refractivity contribution in [1.82, 2.24) is 4.98 Å². The molecule has 0 spiro atoms. The third kappa shape index (κ3) is 3.44. The number of nitrogens with zero attached hydrogens (tertiary/aromatic N) is 1. The van der Waals surface area contributed by atoms with E-state index >= 15 is 0 Å². The molecule has 0 bridgehead atoms. The second-order valence-electron chi connectivity index (χ2n) is 5.02. The summed E-state index contributed by atoms with van der Waals surface area (Å²) in [7, 11) is 0. The average molecular weight is 264 g/mol. The van der Waals surface area contributed by atoms with Crippen molar-refractivity contribution in [2.75, 3.05) is 11.9 Å². The van der Waals surface area contributed by atoms with Crippen LogP contribution in [-0.2, 0) is 4.74 Å². The van der Waals surface area contributed by atoms with E-state index in [1.165, 1.54) is 18.7 Å². The highest BCUT2D eigenvalue weighted by Crippen LogP contribution is 2.20. The van der Waals surface area contributed by atoms with Crippen molar-refractivity contribution in [2.24, 2.45) is 0 Å². The van der Waals surface area contributed by atoms with E-state index in [4.69, 9.17) is 9.84 Å². The molecule has 0 saturated carbocycles. The monoisotopic (exact) mass is 264 g/mol. The molecule has 2 atom stereocenters. The van der Waals surface area contributed by atoms with Gasteiger partial charge >= 0.3 is 5.97 Å². The number of nitrogens with one attached hydrogen (secondary N) is 1. The average Bonchev–Trinajstić information content (AvgIpc) is 2.37. The molecule has 2 N–H and O–H groups in total. The molecule has 0 aromatic carbocycles. The van der Waals surface area contributed by atoms with Crippen LogP contribution in [0.25, 0.3) is 0 Å². The molecule has 0 amide bonds. The Morgan fingerprint density at radius 1 is 1.58 bits per heavy atom. The van der Waals surface area contributed by atoms with Gasteiger partial charge in [0.25, 0.3) is 0 Å². The lowest BCUT2D eigenvalue weighted by molar-refractivity contribution is -0.0321. The zero-order valence-electron chi connectivity index (χ0n) is 11.3. The fraction of sp³-hybridized carbons (Fsp3) is 0.571. The molecule has 19 heavy (non-hydrogen) atoms. The summed E-state index contributed by atoms with van der Waals surface area (Å²) in [5, 5.41) is 12.3. The number of anilines is 1. The fourth-order valence-electron chi connectivity index (χ4n) is 2.40. The number of pyridine rings is 1. The molecule has 5 heteroatoms. The summed E-state index contributed by atoms with van der Waals surface area (Å²) in [5.41, 5.74) is 0.953. The molecule has 1 saturated heterocycles. The van der Waals surface area contributed by atoms with Crippen LogP contribution in [0.1, 0.15) is 42.1 Å². The predicted molar refractivity (Wildman–Crippen MR) is 72.6 cm³/mol. The van der Waals surface area contributed by atoms with Gasteiger partial charge in [-0.2, -0.15) is 0 Å². The molecular formula is C14H20N2O3. The standard InChI is InChI=1S/C14H20N2O3/c1-9-4-3-5-11(19-9)8-16-13-10(2)12(14(17)18)6-7-15-13/h6-7,9,11H,3-5,8H2,1-2H3,(H,15,16)(H,17,18)/t9-,11-/m1/s1. The van der Waals surface area contributed by atoms with Gasteiger partial charge in [-0.15, -0.1) is 0 Å². The zero-order valence-corrected chi connectivity index (χ0v) is 11.3. The van der Waals surface area contributed by atoms with Gasteiger partial charge in [0.05, 0.1) is 17.8 Å². The number of hydrogen-bond acceptors (Lipinski definition) is 4. The smallest absolute Gasteiger partial charge is 0.336 e. The zero-order chi connectivity index (χ0) is 13.8. The van der Waals surface area contributed by atoms with Crippen molar-refractivity contribution < 1.29 is 14.6 Å². The Morgan fingerprint density at radius 2 is 2.37 bits per heavy atom. The Morgan fingerprint density at radius 3 is 3.05 bits per heavy atom. The first kappa shape index (κ1) is 13.8. The molecule has 0 aliphatic carbocycles. The van der Waals surface area contributed by atoms with Crippen LogP contribution in [0.2, 0.25) is 0 Å². The van der Waals surface area contributed by atoms with Crippen LogP contribution in [0.15, 0.2) is 12.3 Å². The number of aromatic carboxylic acids is 1. The Kier molecular flexibility index (Phi) is 4.37. The van der Waals surface area contributed by atoms with Crippen LogP contribution < -0.4 is 5.32 Å². The summed E-state index contributed by atoms with van der Waals surface area (Å²) in [5.74, 6) is -0.299. The SMILES string of the molecule is Cc1c(C(=O)O)ccnc1NC[C@H]1CCC[C@@H](C)O1. The summed E-state index contributed by atoms with van der Waals surface area (Å²) in [6.07, 6.45) is 5.33. The van der Waals surface area contributed by atoms with Gasteiger partial charge in [-0.3, -0.25) is 0 Å². The predicted octanol–water partition coefficient (Wildman–Crippen LogP) is 2.46. The number of rotatable bonds is 4. The quantitative estimate of drug-likeness (QED) is 0.874. The largest absolute Gasteiger partial charge is 0.478 e.